The summed E-state index contributed by atoms with van der Waals surface area (Å²) in [5, 5.41) is 8.74. The maximum absolute atomic E-state index is 8.74. The minimum Gasteiger partial charge on any atom is -0.342 e. The normalized spacial score (nSPS) is 8.88. The summed E-state index contributed by atoms with van der Waals surface area (Å²) in [4.78, 5) is 7.23. The van der Waals surface area contributed by atoms with E-state index in [-0.39, 0.29) is 0 Å². The Labute approximate surface area is 95.8 Å². The molecule has 0 aliphatic rings. The number of H-pyrrole nitrogens is 1. The van der Waals surface area contributed by atoms with Gasteiger partial charge in [0.15, 0.2) is 0 Å². The fourth-order valence-electron chi connectivity index (χ4n) is 1.32. The van der Waals surface area contributed by atoms with Crippen LogP contribution in [-0.2, 0) is 0 Å². The molecule has 1 aromatic heterocycles. The van der Waals surface area contributed by atoms with Gasteiger partial charge >= 0.3 is 0 Å². The molecule has 3 nitrogen and oxygen atoms in total. The molecule has 0 saturated heterocycles. The fourth-order valence-corrected chi connectivity index (χ4v) is 1.32. The summed E-state index contributed by atoms with van der Waals surface area (Å²) in [7, 11) is 0. The Bertz CT molecular complexity index is 492. The molecular weight excluding hydrogens is 198 g/mol. The third-order valence-corrected chi connectivity index (χ3v) is 2.01. The number of hydrogen-bond acceptors (Lipinski definition) is 2. The van der Waals surface area contributed by atoms with Crippen molar-refractivity contribution in [1.82, 2.24) is 9.97 Å². The van der Waals surface area contributed by atoms with E-state index in [1.807, 2.05) is 39.0 Å². The van der Waals surface area contributed by atoms with Crippen LogP contribution in [0.1, 0.15) is 25.2 Å². The molecule has 0 unspecified atom stereocenters. The largest absolute Gasteiger partial charge is 0.342 e. The smallest absolute Gasteiger partial charge is 0.103 e. The third-order valence-electron chi connectivity index (χ3n) is 2.01. The summed E-state index contributed by atoms with van der Waals surface area (Å²) in [6.07, 6.45) is 1.77. The van der Waals surface area contributed by atoms with Crippen molar-refractivity contribution in [3.8, 4) is 17.3 Å². The van der Waals surface area contributed by atoms with E-state index < -0.39 is 0 Å². The van der Waals surface area contributed by atoms with Gasteiger partial charge in [0.25, 0.3) is 0 Å². The Morgan fingerprint density at radius 1 is 1.31 bits per heavy atom. The summed E-state index contributed by atoms with van der Waals surface area (Å²) in [5.41, 5.74) is 2.60. The number of aromatic amines is 1. The average Bonchev–Trinajstić information content (AvgIpc) is 2.79. The minimum atomic E-state index is 0.662. The summed E-state index contributed by atoms with van der Waals surface area (Å²) >= 11 is 0. The van der Waals surface area contributed by atoms with Gasteiger partial charge in [-0.25, -0.2) is 4.98 Å². The second kappa shape index (κ2) is 5.72. The van der Waals surface area contributed by atoms with Crippen LogP contribution in [0.15, 0.2) is 30.5 Å². The van der Waals surface area contributed by atoms with Crippen LogP contribution in [0.3, 0.4) is 0 Å². The number of aryl methyl sites for hydroxylation is 1. The van der Waals surface area contributed by atoms with Gasteiger partial charge in [0.2, 0.25) is 0 Å². The molecule has 0 aliphatic heterocycles. The molecule has 1 aromatic carbocycles. The quantitative estimate of drug-likeness (QED) is 0.790. The Hall–Kier alpha value is -2.08. The number of benzene rings is 1. The highest BCUT2D eigenvalue weighted by molar-refractivity contribution is 5.60. The molecule has 0 aliphatic carbocycles. The van der Waals surface area contributed by atoms with Gasteiger partial charge in [0, 0.05) is 5.56 Å². The van der Waals surface area contributed by atoms with Crippen molar-refractivity contribution in [2.45, 2.75) is 20.8 Å². The van der Waals surface area contributed by atoms with Crippen LogP contribution in [0.4, 0.5) is 0 Å². The molecule has 0 bridgehead atoms. The number of imidazole rings is 1. The molecule has 82 valence electrons. The lowest BCUT2D eigenvalue weighted by Crippen LogP contribution is -1.80. The minimum absolute atomic E-state index is 0.662. The van der Waals surface area contributed by atoms with E-state index in [2.05, 4.69) is 16.0 Å². The van der Waals surface area contributed by atoms with Gasteiger partial charge < -0.3 is 4.98 Å². The average molecular weight is 213 g/mol. The Kier molecular flexibility index (Phi) is 4.28. The Morgan fingerprint density at radius 2 is 2.06 bits per heavy atom. The molecule has 0 fully saturated rings. The molecule has 0 spiro atoms. The highest BCUT2D eigenvalue weighted by Crippen LogP contribution is 2.17. The summed E-state index contributed by atoms with van der Waals surface area (Å²) in [5.74, 6) is 0.877. The zero-order valence-corrected chi connectivity index (χ0v) is 9.78. The van der Waals surface area contributed by atoms with Crippen molar-refractivity contribution in [3.05, 3.63) is 41.9 Å². The van der Waals surface area contributed by atoms with Crippen molar-refractivity contribution < 1.29 is 0 Å². The topological polar surface area (TPSA) is 52.5 Å². The molecule has 0 radical (unpaired) electrons. The predicted molar refractivity (Wildman–Crippen MR) is 64.8 cm³/mol. The Balaban J connectivity index is 0.000000606. The van der Waals surface area contributed by atoms with Crippen molar-refractivity contribution in [2.75, 3.05) is 0 Å². The molecule has 3 heteroatoms. The number of nitriles is 1. The predicted octanol–water partition coefficient (Wildman–Crippen LogP) is 3.28. The molecule has 16 heavy (non-hydrogen) atoms. The maximum Gasteiger partial charge on any atom is 0.103 e. The highest BCUT2D eigenvalue weighted by Gasteiger charge is 2.00. The monoisotopic (exact) mass is 213 g/mol. The van der Waals surface area contributed by atoms with Crippen molar-refractivity contribution in [1.29, 1.82) is 5.26 Å². The lowest BCUT2D eigenvalue weighted by Gasteiger charge is -1.96. The lowest BCUT2D eigenvalue weighted by molar-refractivity contribution is 1.15. The van der Waals surface area contributed by atoms with Crippen LogP contribution >= 0.6 is 0 Å². The summed E-state index contributed by atoms with van der Waals surface area (Å²) in [6, 6.07) is 9.55. The van der Waals surface area contributed by atoms with Gasteiger partial charge in [0.05, 0.1) is 23.5 Å². The number of aromatic nitrogens is 2. The second-order valence-electron chi connectivity index (χ2n) is 3.07. The number of rotatable bonds is 1. The number of hydrogen-bond donors (Lipinski definition) is 1. The van der Waals surface area contributed by atoms with Gasteiger partial charge in [0.1, 0.15) is 5.82 Å². The molecule has 0 saturated carbocycles. The van der Waals surface area contributed by atoms with E-state index in [0.717, 1.165) is 17.1 Å². The molecule has 1 N–H and O–H groups in total. The second-order valence-corrected chi connectivity index (χ2v) is 3.07. The molecule has 2 rings (SSSR count). The van der Waals surface area contributed by atoms with Crippen molar-refractivity contribution >= 4 is 0 Å². The molecule has 2 aromatic rings. The van der Waals surface area contributed by atoms with E-state index in [1.54, 1.807) is 12.3 Å². The fraction of sp³-hybridized carbons (Fsp3) is 0.231. The number of nitrogens with one attached hydrogen (secondary N) is 1. The van der Waals surface area contributed by atoms with Crippen LogP contribution in [0, 0.1) is 18.3 Å². The van der Waals surface area contributed by atoms with Crippen LogP contribution in [0.5, 0.6) is 0 Å². The van der Waals surface area contributed by atoms with E-state index in [4.69, 9.17) is 5.26 Å². The van der Waals surface area contributed by atoms with Crippen LogP contribution < -0.4 is 0 Å². The molecule has 0 atom stereocenters. The summed E-state index contributed by atoms with van der Waals surface area (Å²) < 4.78 is 0. The zero-order valence-electron chi connectivity index (χ0n) is 9.78. The third kappa shape index (κ3) is 2.71. The molecule has 1 heterocycles. The first-order valence-corrected chi connectivity index (χ1v) is 5.32. The van der Waals surface area contributed by atoms with E-state index in [1.165, 1.54) is 0 Å². The number of nitrogens with zero attached hydrogens (tertiary/aromatic N) is 2. The molecular formula is C13H15N3. The van der Waals surface area contributed by atoms with Crippen LogP contribution in [-0.4, -0.2) is 9.97 Å². The van der Waals surface area contributed by atoms with Crippen molar-refractivity contribution in [2.24, 2.45) is 0 Å². The van der Waals surface area contributed by atoms with Gasteiger partial charge in [-0.1, -0.05) is 26.0 Å². The summed E-state index contributed by atoms with van der Waals surface area (Å²) in [6.45, 7) is 5.90. The van der Waals surface area contributed by atoms with E-state index in [9.17, 15) is 0 Å². The standard InChI is InChI=1S/C11H9N3.C2H6/c1-8-13-7-11(14-8)10-4-2-3-9(5-10)6-12;1-2/h2-5,7H,1H3,(H,13,14);1-2H3. The lowest BCUT2D eigenvalue weighted by atomic mass is 10.1. The SMILES string of the molecule is CC.Cc1ncc(-c2cccc(C#N)c2)[nH]1. The molecule has 0 amide bonds. The first-order chi connectivity index (χ1) is 7.79. The van der Waals surface area contributed by atoms with Gasteiger partial charge in [-0.2, -0.15) is 5.26 Å². The maximum atomic E-state index is 8.74. The van der Waals surface area contributed by atoms with E-state index in [0.29, 0.717) is 5.56 Å². The first-order valence-electron chi connectivity index (χ1n) is 5.32. The Morgan fingerprint density at radius 3 is 2.62 bits per heavy atom. The van der Waals surface area contributed by atoms with Crippen LogP contribution in [0.25, 0.3) is 11.3 Å². The zero-order chi connectivity index (χ0) is 12.0. The van der Waals surface area contributed by atoms with Crippen molar-refractivity contribution in [3.63, 3.8) is 0 Å². The first kappa shape index (κ1) is 12.0. The van der Waals surface area contributed by atoms with E-state index >= 15 is 0 Å². The highest BCUT2D eigenvalue weighted by atomic mass is 14.9. The van der Waals surface area contributed by atoms with Crippen LogP contribution in [0.2, 0.25) is 0 Å². The van der Waals surface area contributed by atoms with Gasteiger partial charge in [-0.15, -0.1) is 0 Å². The van der Waals surface area contributed by atoms with Gasteiger partial charge in [-0.05, 0) is 19.1 Å². The van der Waals surface area contributed by atoms with Gasteiger partial charge in [-0.3, -0.25) is 0 Å².